The fourth-order valence-electron chi connectivity index (χ4n) is 2.60. The van der Waals surface area contributed by atoms with Crippen molar-refractivity contribution in [3.8, 4) is 0 Å². The first-order valence-corrected chi connectivity index (χ1v) is 8.78. The second-order valence-corrected chi connectivity index (χ2v) is 6.50. The summed E-state index contributed by atoms with van der Waals surface area (Å²) in [6.45, 7) is -2.19. The van der Waals surface area contributed by atoms with Gasteiger partial charge in [-0.2, -0.15) is 31.4 Å². The van der Waals surface area contributed by atoms with Gasteiger partial charge >= 0.3 is 18.4 Å². The molecule has 0 unspecified atom stereocenters. The maximum atomic E-state index is 13.0. The molecule has 0 radical (unpaired) electrons. The largest absolute Gasteiger partial charge is 0.440 e. The highest BCUT2D eigenvalue weighted by Gasteiger charge is 2.39. The number of aryl methyl sites for hydroxylation is 1. The van der Waals surface area contributed by atoms with Crippen molar-refractivity contribution in [1.29, 1.82) is 0 Å². The molecule has 13 heteroatoms. The van der Waals surface area contributed by atoms with Crippen LogP contribution >= 0.6 is 0 Å². The molecule has 0 saturated carbocycles. The predicted molar refractivity (Wildman–Crippen MR) is 95.0 cm³/mol. The molecule has 1 heterocycles. The summed E-state index contributed by atoms with van der Waals surface area (Å²) in [5.74, 6) is -1.11. The molecule has 0 aliphatic heterocycles. The van der Waals surface area contributed by atoms with Gasteiger partial charge in [-0.1, -0.05) is 30.3 Å². The molecule has 1 aromatic heterocycles. The number of hydrogen-bond donors (Lipinski definition) is 2. The lowest BCUT2D eigenvalue weighted by Gasteiger charge is -2.20. The quantitative estimate of drug-likeness (QED) is 0.633. The standard InChI is InChI=1S/C18H18F6N4O3/c1-28-9-13(14(27-28)18(22,23)24)15(29)25-8-12(7-11-5-3-2-4-6-11)26-16(30)31-10-17(19,20)21/h2-6,9,12H,7-8,10H2,1H3,(H,25,29)(H,26,30)/t12-/m0/s1. The van der Waals surface area contributed by atoms with Gasteiger partial charge in [0.15, 0.2) is 12.3 Å². The van der Waals surface area contributed by atoms with E-state index in [0.29, 0.717) is 5.56 Å². The van der Waals surface area contributed by atoms with Crippen LogP contribution < -0.4 is 10.6 Å². The summed E-state index contributed by atoms with van der Waals surface area (Å²) in [6.07, 6.45) is -10.0. The Morgan fingerprint density at radius 1 is 1.13 bits per heavy atom. The second kappa shape index (κ2) is 9.71. The van der Waals surface area contributed by atoms with Crippen LogP contribution in [0, 0.1) is 0 Å². The van der Waals surface area contributed by atoms with E-state index in [4.69, 9.17) is 0 Å². The van der Waals surface area contributed by atoms with E-state index in [1.165, 1.54) is 7.05 Å². The summed E-state index contributed by atoms with van der Waals surface area (Å²) in [4.78, 5) is 24.0. The average molecular weight is 452 g/mol. The fraction of sp³-hybridized carbons (Fsp3) is 0.389. The number of aromatic nitrogens is 2. The summed E-state index contributed by atoms with van der Waals surface area (Å²) in [5.41, 5.74) is -1.45. The van der Waals surface area contributed by atoms with E-state index in [-0.39, 0.29) is 13.0 Å². The first-order valence-electron chi connectivity index (χ1n) is 8.78. The van der Waals surface area contributed by atoms with Crippen LogP contribution in [0.4, 0.5) is 31.1 Å². The molecule has 0 aliphatic carbocycles. The van der Waals surface area contributed by atoms with Crippen LogP contribution in [0.2, 0.25) is 0 Å². The van der Waals surface area contributed by atoms with Crippen molar-refractivity contribution < 1.29 is 40.7 Å². The second-order valence-electron chi connectivity index (χ2n) is 6.50. The van der Waals surface area contributed by atoms with Gasteiger partial charge in [-0.05, 0) is 12.0 Å². The molecule has 0 saturated heterocycles. The van der Waals surface area contributed by atoms with Crippen molar-refractivity contribution in [2.75, 3.05) is 13.2 Å². The van der Waals surface area contributed by atoms with E-state index in [1.54, 1.807) is 30.3 Å². The van der Waals surface area contributed by atoms with Gasteiger partial charge in [-0.25, -0.2) is 4.79 Å². The predicted octanol–water partition coefficient (Wildman–Crippen LogP) is 3.07. The van der Waals surface area contributed by atoms with Crippen LogP contribution in [-0.4, -0.2) is 47.2 Å². The molecule has 0 fully saturated rings. The molecule has 0 spiro atoms. The molecule has 0 bridgehead atoms. The number of halogens is 6. The molecule has 0 aliphatic rings. The Morgan fingerprint density at radius 3 is 2.35 bits per heavy atom. The summed E-state index contributed by atoms with van der Waals surface area (Å²) in [7, 11) is 1.21. The van der Waals surface area contributed by atoms with Crippen molar-refractivity contribution in [2.45, 2.75) is 24.8 Å². The van der Waals surface area contributed by atoms with E-state index in [9.17, 15) is 35.9 Å². The number of nitrogens with zero attached hydrogens (tertiary/aromatic N) is 2. The third kappa shape index (κ3) is 7.83. The van der Waals surface area contributed by atoms with Gasteiger partial charge in [0, 0.05) is 19.8 Å². The lowest BCUT2D eigenvalue weighted by molar-refractivity contribution is -0.160. The van der Waals surface area contributed by atoms with Crippen LogP contribution in [0.1, 0.15) is 21.6 Å². The maximum absolute atomic E-state index is 13.0. The number of ether oxygens (including phenoxy) is 1. The Labute approximate surface area is 172 Å². The Morgan fingerprint density at radius 2 is 1.77 bits per heavy atom. The molecule has 2 amide bonds. The molecule has 2 aromatic rings. The normalized spacial score (nSPS) is 12.9. The van der Waals surface area contributed by atoms with E-state index < -0.39 is 48.3 Å². The number of carbonyl (C=O) groups excluding carboxylic acids is 2. The van der Waals surface area contributed by atoms with Crippen LogP contribution in [0.15, 0.2) is 36.5 Å². The lowest BCUT2D eigenvalue weighted by atomic mass is 10.1. The van der Waals surface area contributed by atoms with Gasteiger partial charge in [0.05, 0.1) is 11.6 Å². The van der Waals surface area contributed by atoms with Crippen LogP contribution in [0.5, 0.6) is 0 Å². The Bertz CT molecular complexity index is 896. The van der Waals surface area contributed by atoms with Gasteiger partial charge in [0.2, 0.25) is 0 Å². The van der Waals surface area contributed by atoms with Crippen LogP contribution in [-0.2, 0) is 24.4 Å². The van der Waals surface area contributed by atoms with Gasteiger partial charge in [-0.3, -0.25) is 9.48 Å². The van der Waals surface area contributed by atoms with Crippen LogP contribution in [0.3, 0.4) is 0 Å². The minimum atomic E-state index is -4.86. The third-order valence-electron chi connectivity index (χ3n) is 3.86. The molecule has 2 rings (SSSR count). The van der Waals surface area contributed by atoms with Crippen molar-refractivity contribution in [2.24, 2.45) is 7.05 Å². The summed E-state index contributed by atoms with van der Waals surface area (Å²) < 4.78 is 80.7. The number of alkyl carbamates (subject to hydrolysis) is 1. The number of nitrogens with one attached hydrogen (secondary N) is 2. The van der Waals surface area contributed by atoms with Crippen molar-refractivity contribution >= 4 is 12.0 Å². The van der Waals surface area contributed by atoms with Crippen molar-refractivity contribution in [1.82, 2.24) is 20.4 Å². The topological polar surface area (TPSA) is 85.2 Å². The highest BCUT2D eigenvalue weighted by molar-refractivity contribution is 5.95. The number of hydrogen-bond acceptors (Lipinski definition) is 4. The molecule has 1 aromatic carbocycles. The van der Waals surface area contributed by atoms with Crippen molar-refractivity contribution in [3.63, 3.8) is 0 Å². The number of rotatable bonds is 7. The molecule has 2 N–H and O–H groups in total. The summed E-state index contributed by atoms with van der Waals surface area (Å²) in [5, 5.41) is 7.64. The Balaban J connectivity index is 2.08. The monoisotopic (exact) mass is 452 g/mol. The first-order chi connectivity index (χ1) is 14.3. The summed E-state index contributed by atoms with van der Waals surface area (Å²) >= 11 is 0. The zero-order valence-corrected chi connectivity index (χ0v) is 16.0. The van der Waals surface area contributed by atoms with Gasteiger partial charge in [-0.15, -0.1) is 0 Å². The number of benzene rings is 1. The van der Waals surface area contributed by atoms with Crippen LogP contribution in [0.25, 0.3) is 0 Å². The molecule has 7 nitrogen and oxygen atoms in total. The fourth-order valence-corrected chi connectivity index (χ4v) is 2.60. The van der Waals surface area contributed by atoms with Gasteiger partial charge in [0.1, 0.15) is 0 Å². The van der Waals surface area contributed by atoms with Gasteiger partial charge < -0.3 is 15.4 Å². The third-order valence-corrected chi connectivity index (χ3v) is 3.86. The van der Waals surface area contributed by atoms with Crippen molar-refractivity contribution in [3.05, 3.63) is 53.3 Å². The van der Waals surface area contributed by atoms with E-state index in [1.807, 2.05) is 0 Å². The molecular weight excluding hydrogens is 434 g/mol. The smallest absolute Gasteiger partial charge is 0.435 e. The Kier molecular flexibility index (Phi) is 7.52. The number of amides is 2. The summed E-state index contributed by atoms with van der Waals surface area (Å²) in [6, 6.07) is 7.45. The van der Waals surface area contributed by atoms with E-state index >= 15 is 0 Å². The van der Waals surface area contributed by atoms with E-state index in [0.717, 1.165) is 10.9 Å². The van der Waals surface area contributed by atoms with E-state index in [2.05, 4.69) is 20.5 Å². The zero-order valence-electron chi connectivity index (χ0n) is 16.0. The average Bonchev–Trinajstić information content (AvgIpc) is 3.07. The minimum Gasteiger partial charge on any atom is -0.440 e. The Hall–Kier alpha value is -3.25. The zero-order chi connectivity index (χ0) is 23.2. The number of alkyl halides is 6. The molecule has 31 heavy (non-hydrogen) atoms. The van der Waals surface area contributed by atoms with Gasteiger partial charge in [0.25, 0.3) is 5.91 Å². The highest BCUT2D eigenvalue weighted by Crippen LogP contribution is 2.30. The minimum absolute atomic E-state index is 0.0708. The lowest BCUT2D eigenvalue weighted by Crippen LogP contribution is -2.45. The molecular formula is C18H18F6N4O3. The molecule has 170 valence electrons. The maximum Gasteiger partial charge on any atom is 0.435 e. The first kappa shape index (κ1) is 24.0. The highest BCUT2D eigenvalue weighted by atomic mass is 19.4. The SMILES string of the molecule is Cn1cc(C(=O)NC[C@H](Cc2ccccc2)NC(=O)OCC(F)(F)F)c(C(F)(F)F)n1. The number of carbonyl (C=O) groups is 2. The molecule has 1 atom stereocenters.